The second-order valence-electron chi connectivity index (χ2n) is 7.08. The number of anilines is 1. The van der Waals surface area contributed by atoms with Crippen molar-refractivity contribution >= 4 is 33.2 Å². The summed E-state index contributed by atoms with van der Waals surface area (Å²) >= 11 is 5.91. The molecule has 1 amide bonds. The van der Waals surface area contributed by atoms with Gasteiger partial charge in [0.1, 0.15) is 5.76 Å². The van der Waals surface area contributed by atoms with Gasteiger partial charge in [0.2, 0.25) is 15.9 Å². The molecule has 0 atom stereocenters. The number of carbonyl (C=O) groups is 1. The summed E-state index contributed by atoms with van der Waals surface area (Å²) in [6.45, 7) is 0.227. The molecule has 0 fully saturated rings. The van der Waals surface area contributed by atoms with E-state index >= 15 is 0 Å². The van der Waals surface area contributed by atoms with Crippen LogP contribution >= 0.6 is 11.6 Å². The van der Waals surface area contributed by atoms with Gasteiger partial charge < -0.3 is 9.32 Å². The first-order valence-corrected chi connectivity index (χ1v) is 11.4. The van der Waals surface area contributed by atoms with Crippen LogP contribution in [0.4, 0.5) is 5.69 Å². The smallest absolute Gasteiger partial charge is 0.243 e. The van der Waals surface area contributed by atoms with Crippen LogP contribution in [0.25, 0.3) is 0 Å². The molecule has 4 rings (SSSR count). The number of para-hydroxylation sites is 1. The molecule has 0 unspecified atom stereocenters. The van der Waals surface area contributed by atoms with Gasteiger partial charge in [0.05, 0.1) is 24.2 Å². The van der Waals surface area contributed by atoms with Crippen LogP contribution < -0.4 is 4.90 Å². The molecule has 1 aliphatic heterocycles. The summed E-state index contributed by atoms with van der Waals surface area (Å²) < 4.78 is 33.1. The molecule has 0 spiro atoms. The number of nitrogens with zero attached hydrogens (tertiary/aromatic N) is 2. The van der Waals surface area contributed by atoms with Crippen molar-refractivity contribution in [1.29, 1.82) is 0 Å². The zero-order valence-electron chi connectivity index (χ0n) is 16.2. The average Bonchev–Trinajstić information content (AvgIpc) is 3.26. The standard InChI is InChI=1S/C22H21ClN2O4S/c23-18-9-11-20(12-10-18)30(27,28)24(15-19-7-4-14-29-19)16-22(26)25-13-3-6-17-5-1-2-8-21(17)25/h1-2,4-5,7-12,14H,3,6,13,15-16H2. The lowest BCUT2D eigenvalue weighted by Gasteiger charge is -2.31. The number of sulfonamides is 1. The molecular formula is C22H21ClN2O4S. The highest BCUT2D eigenvalue weighted by atomic mass is 35.5. The predicted molar refractivity (Wildman–Crippen MR) is 115 cm³/mol. The maximum atomic E-state index is 13.3. The van der Waals surface area contributed by atoms with Gasteiger partial charge in [-0.25, -0.2) is 8.42 Å². The Balaban J connectivity index is 1.64. The highest BCUT2D eigenvalue weighted by Crippen LogP contribution is 2.28. The minimum atomic E-state index is -3.94. The van der Waals surface area contributed by atoms with E-state index in [1.807, 2.05) is 24.3 Å². The Labute approximate surface area is 180 Å². The predicted octanol–water partition coefficient (Wildman–Crippen LogP) is 4.10. The normalized spacial score (nSPS) is 14.0. The summed E-state index contributed by atoms with van der Waals surface area (Å²) in [6.07, 6.45) is 3.22. The summed E-state index contributed by atoms with van der Waals surface area (Å²) in [5, 5.41) is 0.438. The monoisotopic (exact) mass is 444 g/mol. The molecule has 0 aliphatic carbocycles. The quantitative estimate of drug-likeness (QED) is 0.573. The third-order valence-electron chi connectivity index (χ3n) is 5.09. The molecule has 6 nitrogen and oxygen atoms in total. The van der Waals surface area contributed by atoms with Gasteiger partial charge in [0, 0.05) is 17.3 Å². The molecular weight excluding hydrogens is 424 g/mol. The van der Waals surface area contributed by atoms with E-state index in [1.165, 1.54) is 30.5 Å². The third kappa shape index (κ3) is 4.28. The van der Waals surface area contributed by atoms with Crippen LogP contribution in [0.1, 0.15) is 17.7 Å². The molecule has 30 heavy (non-hydrogen) atoms. The maximum Gasteiger partial charge on any atom is 0.243 e. The van der Waals surface area contributed by atoms with Crippen LogP contribution in [0, 0.1) is 0 Å². The SMILES string of the molecule is O=C(CN(Cc1ccco1)S(=O)(=O)c1ccc(Cl)cc1)N1CCCc2ccccc21. The van der Waals surface area contributed by atoms with Crippen LogP contribution in [0.3, 0.4) is 0 Å². The number of hydrogen-bond acceptors (Lipinski definition) is 4. The van der Waals surface area contributed by atoms with E-state index in [1.54, 1.807) is 17.0 Å². The van der Waals surface area contributed by atoms with E-state index in [4.69, 9.17) is 16.0 Å². The van der Waals surface area contributed by atoms with Crippen molar-refractivity contribution in [3.8, 4) is 0 Å². The fraction of sp³-hybridized carbons (Fsp3) is 0.227. The minimum absolute atomic E-state index is 0.0425. The maximum absolute atomic E-state index is 13.3. The van der Waals surface area contributed by atoms with E-state index in [2.05, 4.69) is 0 Å². The van der Waals surface area contributed by atoms with E-state index < -0.39 is 10.0 Å². The van der Waals surface area contributed by atoms with E-state index in [-0.39, 0.29) is 23.9 Å². The summed E-state index contributed by atoms with van der Waals surface area (Å²) in [5.74, 6) is 0.186. The van der Waals surface area contributed by atoms with Crippen LogP contribution in [-0.2, 0) is 27.8 Å². The lowest BCUT2D eigenvalue weighted by molar-refractivity contribution is -0.119. The second-order valence-corrected chi connectivity index (χ2v) is 9.46. The number of benzene rings is 2. The number of furan rings is 1. The summed E-state index contributed by atoms with van der Waals surface area (Å²) in [6, 6.07) is 17.0. The van der Waals surface area contributed by atoms with Crippen LogP contribution in [0.2, 0.25) is 5.02 Å². The van der Waals surface area contributed by atoms with Gasteiger partial charge in [-0.05, 0) is 60.9 Å². The van der Waals surface area contributed by atoms with Gasteiger partial charge in [-0.15, -0.1) is 0 Å². The van der Waals surface area contributed by atoms with Gasteiger partial charge in [-0.3, -0.25) is 4.79 Å². The van der Waals surface area contributed by atoms with E-state index in [0.29, 0.717) is 17.3 Å². The summed E-state index contributed by atoms with van der Waals surface area (Å²) in [7, 11) is -3.94. The van der Waals surface area contributed by atoms with Crippen molar-refractivity contribution in [2.24, 2.45) is 0 Å². The van der Waals surface area contributed by atoms with Gasteiger partial charge in [-0.1, -0.05) is 29.8 Å². The topological polar surface area (TPSA) is 70.8 Å². The number of hydrogen-bond donors (Lipinski definition) is 0. The van der Waals surface area contributed by atoms with Crippen molar-refractivity contribution < 1.29 is 17.6 Å². The first kappa shape index (κ1) is 20.7. The Hall–Kier alpha value is -2.61. The molecule has 3 aromatic rings. The van der Waals surface area contributed by atoms with Gasteiger partial charge in [-0.2, -0.15) is 4.31 Å². The Morgan fingerprint density at radius 1 is 1.07 bits per heavy atom. The van der Waals surface area contributed by atoms with Crippen molar-refractivity contribution in [1.82, 2.24) is 4.31 Å². The first-order valence-electron chi connectivity index (χ1n) is 9.61. The van der Waals surface area contributed by atoms with Crippen LogP contribution in [-0.4, -0.2) is 31.7 Å². The van der Waals surface area contributed by atoms with Crippen molar-refractivity contribution in [3.63, 3.8) is 0 Å². The fourth-order valence-electron chi connectivity index (χ4n) is 3.59. The number of rotatable bonds is 6. The number of amides is 1. The Bertz CT molecular complexity index is 1130. The molecule has 1 aromatic heterocycles. The second kappa shape index (κ2) is 8.63. The Morgan fingerprint density at radius 2 is 1.83 bits per heavy atom. The van der Waals surface area contributed by atoms with Crippen molar-refractivity contribution in [2.75, 3.05) is 18.0 Å². The molecule has 0 saturated carbocycles. The van der Waals surface area contributed by atoms with Crippen LogP contribution in [0.15, 0.2) is 76.2 Å². The Morgan fingerprint density at radius 3 is 2.57 bits per heavy atom. The molecule has 2 aromatic carbocycles. The van der Waals surface area contributed by atoms with E-state index in [0.717, 1.165) is 28.4 Å². The molecule has 0 radical (unpaired) electrons. The third-order valence-corrected chi connectivity index (χ3v) is 7.14. The summed E-state index contributed by atoms with van der Waals surface area (Å²) in [5.41, 5.74) is 1.94. The molecule has 0 N–H and O–H groups in total. The highest BCUT2D eigenvalue weighted by molar-refractivity contribution is 7.89. The number of aryl methyl sites for hydroxylation is 1. The van der Waals surface area contributed by atoms with Crippen molar-refractivity contribution in [2.45, 2.75) is 24.3 Å². The summed E-state index contributed by atoms with van der Waals surface area (Å²) in [4.78, 5) is 14.9. The number of fused-ring (bicyclic) bond motifs is 1. The molecule has 8 heteroatoms. The first-order chi connectivity index (χ1) is 14.4. The van der Waals surface area contributed by atoms with Crippen LogP contribution in [0.5, 0.6) is 0 Å². The molecule has 2 heterocycles. The minimum Gasteiger partial charge on any atom is -0.468 e. The fourth-order valence-corrected chi connectivity index (χ4v) is 5.07. The van der Waals surface area contributed by atoms with E-state index in [9.17, 15) is 13.2 Å². The molecule has 0 saturated heterocycles. The largest absolute Gasteiger partial charge is 0.468 e. The van der Waals surface area contributed by atoms with Gasteiger partial charge in [0.25, 0.3) is 0 Å². The lowest BCUT2D eigenvalue weighted by atomic mass is 10.0. The Kier molecular flexibility index (Phi) is 5.94. The molecule has 0 bridgehead atoms. The zero-order valence-corrected chi connectivity index (χ0v) is 17.8. The van der Waals surface area contributed by atoms with Crippen molar-refractivity contribution in [3.05, 3.63) is 83.3 Å². The van der Waals surface area contributed by atoms with Gasteiger partial charge in [0.15, 0.2) is 0 Å². The molecule has 156 valence electrons. The average molecular weight is 445 g/mol. The molecule has 1 aliphatic rings. The number of carbonyl (C=O) groups excluding carboxylic acids is 1. The zero-order chi connectivity index (χ0) is 21.1. The highest BCUT2D eigenvalue weighted by Gasteiger charge is 2.31. The van der Waals surface area contributed by atoms with Gasteiger partial charge >= 0.3 is 0 Å². The lowest BCUT2D eigenvalue weighted by Crippen LogP contribution is -2.44. The number of halogens is 1.